The molecule has 0 fully saturated rings. The van der Waals surface area contributed by atoms with Gasteiger partial charge in [-0.15, -0.1) is 0 Å². The third-order valence-corrected chi connectivity index (χ3v) is 6.71. The zero-order valence-corrected chi connectivity index (χ0v) is 20.1. The van der Waals surface area contributed by atoms with Gasteiger partial charge >= 0.3 is 0 Å². The van der Waals surface area contributed by atoms with Gasteiger partial charge in [-0.1, -0.05) is 29.3 Å². The molecule has 0 saturated heterocycles. The van der Waals surface area contributed by atoms with Crippen molar-refractivity contribution in [3.8, 4) is 0 Å². The summed E-state index contributed by atoms with van der Waals surface area (Å²) in [6.45, 7) is 4.11. The molecule has 0 aliphatic rings. The van der Waals surface area contributed by atoms with Crippen LogP contribution in [0.3, 0.4) is 0 Å². The number of aryl methyl sites for hydroxylation is 1. The van der Waals surface area contributed by atoms with E-state index < -0.39 is 27.5 Å². The van der Waals surface area contributed by atoms with Gasteiger partial charge in [0.2, 0.25) is 15.9 Å². The van der Waals surface area contributed by atoms with Gasteiger partial charge in [-0.05, 0) is 31.5 Å². The molecule has 13 heteroatoms. The number of sulfonamides is 1. The standard InChI is InChI=1S/C19H24Cl2N4O6S/c1-12-4-5-14(10-16(12)32(28,29)23-6-7-31-9-8-30-3)24-18(26)13(2)25-19(27)17(21)15(20)11-22-25/h4-5,10-11,13,23H,6-9H2,1-3H3,(H,24,26)/t13-/m0/s1. The minimum atomic E-state index is -3.84. The van der Waals surface area contributed by atoms with Crippen LogP contribution >= 0.6 is 23.2 Å². The fraction of sp³-hybridized carbons (Fsp3) is 0.421. The van der Waals surface area contributed by atoms with E-state index in [1.165, 1.54) is 13.0 Å². The number of aromatic nitrogens is 2. The summed E-state index contributed by atoms with van der Waals surface area (Å²) in [6.07, 6.45) is 1.16. The summed E-state index contributed by atoms with van der Waals surface area (Å²) in [5.74, 6) is -0.593. The highest BCUT2D eigenvalue weighted by molar-refractivity contribution is 7.89. The third kappa shape index (κ3) is 6.74. The van der Waals surface area contributed by atoms with Gasteiger partial charge < -0.3 is 14.8 Å². The molecule has 176 valence electrons. The number of anilines is 1. The molecular weight excluding hydrogens is 483 g/mol. The smallest absolute Gasteiger partial charge is 0.287 e. The zero-order chi connectivity index (χ0) is 23.9. The van der Waals surface area contributed by atoms with Crippen LogP contribution in [0.2, 0.25) is 10.0 Å². The van der Waals surface area contributed by atoms with Crippen molar-refractivity contribution in [1.29, 1.82) is 0 Å². The Morgan fingerprint density at radius 1 is 1.25 bits per heavy atom. The summed E-state index contributed by atoms with van der Waals surface area (Å²) >= 11 is 11.6. The first kappa shape index (κ1) is 26.2. The van der Waals surface area contributed by atoms with Crippen LogP contribution in [0, 0.1) is 6.92 Å². The van der Waals surface area contributed by atoms with E-state index in [0.717, 1.165) is 10.9 Å². The molecule has 0 saturated carbocycles. The van der Waals surface area contributed by atoms with Crippen LogP contribution < -0.4 is 15.6 Å². The summed E-state index contributed by atoms with van der Waals surface area (Å²) in [4.78, 5) is 24.8. The van der Waals surface area contributed by atoms with E-state index in [-0.39, 0.29) is 33.8 Å². The Bertz CT molecular complexity index is 1120. The van der Waals surface area contributed by atoms with Crippen LogP contribution in [0.15, 0.2) is 34.1 Å². The van der Waals surface area contributed by atoms with Crippen LogP contribution in [0.1, 0.15) is 18.5 Å². The molecule has 2 rings (SSSR count). The maximum absolute atomic E-state index is 12.7. The van der Waals surface area contributed by atoms with Crippen LogP contribution in [0.4, 0.5) is 5.69 Å². The van der Waals surface area contributed by atoms with E-state index in [2.05, 4.69) is 15.1 Å². The third-order valence-electron chi connectivity index (χ3n) is 4.36. The van der Waals surface area contributed by atoms with Crippen molar-refractivity contribution >= 4 is 44.8 Å². The molecule has 1 aromatic heterocycles. The van der Waals surface area contributed by atoms with Crippen molar-refractivity contribution in [2.24, 2.45) is 0 Å². The van der Waals surface area contributed by atoms with Gasteiger partial charge in [-0.25, -0.2) is 17.8 Å². The number of halogens is 2. The van der Waals surface area contributed by atoms with E-state index >= 15 is 0 Å². The van der Waals surface area contributed by atoms with Crippen molar-refractivity contribution in [3.63, 3.8) is 0 Å². The Morgan fingerprint density at radius 3 is 2.66 bits per heavy atom. The predicted octanol–water partition coefficient (Wildman–Crippen LogP) is 2.00. The molecule has 0 unspecified atom stereocenters. The highest BCUT2D eigenvalue weighted by Crippen LogP contribution is 2.21. The molecule has 1 aromatic carbocycles. The first-order chi connectivity index (χ1) is 15.1. The summed E-state index contributed by atoms with van der Waals surface area (Å²) < 4.78 is 38.8. The zero-order valence-electron chi connectivity index (χ0n) is 17.7. The lowest BCUT2D eigenvalue weighted by atomic mass is 10.2. The maximum atomic E-state index is 12.7. The van der Waals surface area contributed by atoms with E-state index in [4.69, 9.17) is 32.7 Å². The largest absolute Gasteiger partial charge is 0.382 e. The predicted molar refractivity (Wildman–Crippen MR) is 121 cm³/mol. The molecule has 32 heavy (non-hydrogen) atoms. The van der Waals surface area contributed by atoms with Crippen LogP contribution in [-0.2, 0) is 24.3 Å². The Labute approximate surface area is 195 Å². The molecule has 2 aromatic rings. The van der Waals surface area contributed by atoms with E-state index in [0.29, 0.717) is 18.8 Å². The summed E-state index contributed by atoms with van der Waals surface area (Å²) in [5.41, 5.74) is 0.00871. The second-order valence-corrected chi connectivity index (χ2v) is 9.23. The number of hydrogen-bond donors (Lipinski definition) is 2. The fourth-order valence-electron chi connectivity index (χ4n) is 2.60. The highest BCUT2D eigenvalue weighted by Gasteiger charge is 2.22. The minimum absolute atomic E-state index is 0.00433. The summed E-state index contributed by atoms with van der Waals surface area (Å²) in [6, 6.07) is 3.42. The quantitative estimate of drug-likeness (QED) is 0.445. The second kappa shape index (κ2) is 11.7. The van der Waals surface area contributed by atoms with Crippen molar-refractivity contribution in [2.75, 3.05) is 38.8 Å². The van der Waals surface area contributed by atoms with Gasteiger partial charge in [0.15, 0.2) is 0 Å². The lowest BCUT2D eigenvalue weighted by molar-refractivity contribution is -0.119. The van der Waals surface area contributed by atoms with Gasteiger partial charge in [-0.2, -0.15) is 5.10 Å². The van der Waals surface area contributed by atoms with Gasteiger partial charge in [0.25, 0.3) is 5.56 Å². The molecule has 0 aliphatic heterocycles. The average Bonchev–Trinajstić information content (AvgIpc) is 2.75. The van der Waals surface area contributed by atoms with Crippen LogP contribution in [0.5, 0.6) is 0 Å². The van der Waals surface area contributed by atoms with Crippen molar-refractivity contribution in [2.45, 2.75) is 24.8 Å². The number of methoxy groups -OCH3 is 1. The van der Waals surface area contributed by atoms with Crippen LogP contribution in [0.25, 0.3) is 0 Å². The van der Waals surface area contributed by atoms with Gasteiger partial charge in [0.05, 0.1) is 35.9 Å². The summed E-state index contributed by atoms with van der Waals surface area (Å²) in [5, 5.41) is 6.15. The number of hydrogen-bond acceptors (Lipinski definition) is 7. The van der Waals surface area contributed by atoms with Crippen molar-refractivity contribution in [3.05, 3.63) is 50.4 Å². The molecule has 1 atom stereocenters. The minimum Gasteiger partial charge on any atom is -0.382 e. The Balaban J connectivity index is 2.12. The van der Waals surface area contributed by atoms with Gasteiger partial charge in [0, 0.05) is 19.3 Å². The first-order valence-electron chi connectivity index (χ1n) is 9.49. The lowest BCUT2D eigenvalue weighted by Crippen LogP contribution is -2.33. The lowest BCUT2D eigenvalue weighted by Gasteiger charge is -2.16. The topological polar surface area (TPSA) is 129 Å². The number of nitrogens with one attached hydrogen (secondary N) is 2. The van der Waals surface area contributed by atoms with Crippen LogP contribution in [-0.4, -0.2) is 57.6 Å². The Kier molecular flexibility index (Phi) is 9.62. The number of rotatable bonds is 11. The number of ether oxygens (including phenoxy) is 2. The molecular formula is C19H24Cl2N4O6S. The molecule has 0 spiro atoms. The van der Waals surface area contributed by atoms with Crippen molar-refractivity contribution in [1.82, 2.24) is 14.5 Å². The highest BCUT2D eigenvalue weighted by atomic mass is 35.5. The molecule has 0 radical (unpaired) electrons. The Hall–Kier alpha value is -2.02. The summed E-state index contributed by atoms with van der Waals surface area (Å²) in [7, 11) is -2.30. The number of carbonyl (C=O) groups excluding carboxylic acids is 1. The van der Waals surface area contributed by atoms with Crippen molar-refractivity contribution < 1.29 is 22.7 Å². The SMILES string of the molecule is COCCOCCNS(=O)(=O)c1cc(NC(=O)[C@H](C)n2ncc(Cl)c(Cl)c2=O)ccc1C. The van der Waals surface area contributed by atoms with Gasteiger partial charge in [0.1, 0.15) is 11.1 Å². The first-order valence-corrected chi connectivity index (χ1v) is 11.7. The molecule has 1 heterocycles. The molecule has 10 nitrogen and oxygen atoms in total. The molecule has 2 N–H and O–H groups in total. The number of benzene rings is 1. The Morgan fingerprint density at radius 2 is 1.97 bits per heavy atom. The van der Waals surface area contributed by atoms with E-state index in [9.17, 15) is 18.0 Å². The normalized spacial score (nSPS) is 12.5. The number of carbonyl (C=O) groups is 1. The number of amides is 1. The number of nitrogens with zero attached hydrogens (tertiary/aromatic N) is 2. The monoisotopic (exact) mass is 506 g/mol. The molecule has 0 aliphatic carbocycles. The molecule has 1 amide bonds. The average molecular weight is 507 g/mol. The van der Waals surface area contributed by atoms with E-state index in [1.807, 2.05) is 0 Å². The fourth-order valence-corrected chi connectivity index (χ4v) is 4.14. The van der Waals surface area contributed by atoms with E-state index in [1.54, 1.807) is 26.2 Å². The van der Waals surface area contributed by atoms with Gasteiger partial charge in [-0.3, -0.25) is 9.59 Å². The molecule has 0 bridgehead atoms. The maximum Gasteiger partial charge on any atom is 0.287 e. The second-order valence-electron chi connectivity index (χ2n) is 6.70.